The molecule has 0 radical (unpaired) electrons. The summed E-state index contributed by atoms with van der Waals surface area (Å²) < 4.78 is 13.9. The van der Waals surface area contributed by atoms with Gasteiger partial charge in [0.15, 0.2) is 0 Å². The topological polar surface area (TPSA) is 69.6 Å². The van der Waals surface area contributed by atoms with Gasteiger partial charge in [0.1, 0.15) is 5.82 Å². The third-order valence-corrected chi connectivity index (χ3v) is 4.05. The van der Waals surface area contributed by atoms with Gasteiger partial charge >= 0.3 is 6.09 Å². The van der Waals surface area contributed by atoms with Crippen molar-refractivity contribution in [2.45, 2.75) is 32.2 Å². The second kappa shape index (κ2) is 6.34. The lowest BCUT2D eigenvalue weighted by Gasteiger charge is -2.33. The first-order valence-electron chi connectivity index (χ1n) is 7.36. The second-order valence-electron chi connectivity index (χ2n) is 6.16. The molecule has 1 saturated heterocycles. The Morgan fingerprint density at radius 1 is 1.36 bits per heavy atom. The zero-order valence-electron chi connectivity index (χ0n) is 12.8. The summed E-state index contributed by atoms with van der Waals surface area (Å²) in [6.45, 7) is 4.12. The number of hydrogen-bond donors (Lipinski definition) is 2. The maximum atomic E-state index is 13.9. The molecular formula is C16H21FN2O3. The predicted octanol–water partition coefficient (Wildman–Crippen LogP) is 2.57. The molecule has 5 nitrogen and oxygen atoms in total. The highest BCUT2D eigenvalue weighted by Gasteiger charge is 2.32. The normalized spacial score (nSPS) is 18.9. The molecule has 1 atom stereocenters. The smallest absolute Gasteiger partial charge is 0.407 e. The predicted molar refractivity (Wildman–Crippen MR) is 79.9 cm³/mol. The van der Waals surface area contributed by atoms with Gasteiger partial charge in [-0.15, -0.1) is 0 Å². The van der Waals surface area contributed by atoms with Crippen LogP contribution in [0.5, 0.6) is 0 Å². The maximum absolute atomic E-state index is 13.9. The van der Waals surface area contributed by atoms with Crippen LogP contribution in [0.2, 0.25) is 0 Å². The number of piperidine rings is 1. The number of nitrogens with one attached hydrogen (secondary N) is 1. The standard InChI is InChI=1S/C16H21FN2O3/c1-16(2,12-7-3-4-8-13(12)17)18-14(20)11-6-5-9-19(10-11)15(21)22/h3-4,7-8,11H,5-6,9-10H2,1-2H3,(H,18,20)(H,21,22)/t11-/m0/s1. The average molecular weight is 308 g/mol. The lowest BCUT2D eigenvalue weighted by atomic mass is 9.91. The van der Waals surface area contributed by atoms with Gasteiger partial charge in [0, 0.05) is 18.7 Å². The molecule has 2 amide bonds. The van der Waals surface area contributed by atoms with Crippen LogP contribution in [-0.2, 0) is 10.3 Å². The molecular weight excluding hydrogens is 287 g/mol. The van der Waals surface area contributed by atoms with Crippen molar-refractivity contribution in [2.24, 2.45) is 5.92 Å². The van der Waals surface area contributed by atoms with Crippen LogP contribution in [0.3, 0.4) is 0 Å². The molecule has 0 saturated carbocycles. The highest BCUT2D eigenvalue weighted by molar-refractivity contribution is 5.80. The number of likely N-dealkylation sites (tertiary alicyclic amines) is 1. The molecule has 22 heavy (non-hydrogen) atoms. The first kappa shape index (κ1) is 16.3. The number of nitrogens with zero attached hydrogens (tertiary/aromatic N) is 1. The lowest BCUT2D eigenvalue weighted by Crippen LogP contribution is -2.49. The van der Waals surface area contributed by atoms with Gasteiger partial charge in [0.25, 0.3) is 0 Å². The summed E-state index contributed by atoms with van der Waals surface area (Å²) >= 11 is 0. The molecule has 0 spiro atoms. The average Bonchev–Trinajstić information content (AvgIpc) is 2.47. The Labute approximate surface area is 129 Å². The van der Waals surface area contributed by atoms with Crippen LogP contribution in [0.15, 0.2) is 24.3 Å². The number of benzene rings is 1. The summed E-state index contributed by atoms with van der Waals surface area (Å²) in [5.74, 6) is -1.00. The van der Waals surface area contributed by atoms with Crippen molar-refractivity contribution in [3.63, 3.8) is 0 Å². The van der Waals surface area contributed by atoms with Crippen molar-refractivity contribution in [2.75, 3.05) is 13.1 Å². The fourth-order valence-corrected chi connectivity index (χ4v) is 2.81. The van der Waals surface area contributed by atoms with Gasteiger partial charge in [-0.1, -0.05) is 18.2 Å². The molecule has 2 rings (SSSR count). The van der Waals surface area contributed by atoms with Crippen LogP contribution in [0.25, 0.3) is 0 Å². The fraction of sp³-hybridized carbons (Fsp3) is 0.500. The Kier molecular flexibility index (Phi) is 4.68. The van der Waals surface area contributed by atoms with E-state index in [9.17, 15) is 14.0 Å². The van der Waals surface area contributed by atoms with Crippen molar-refractivity contribution >= 4 is 12.0 Å². The van der Waals surface area contributed by atoms with Crippen LogP contribution in [-0.4, -0.2) is 35.1 Å². The van der Waals surface area contributed by atoms with Crippen LogP contribution >= 0.6 is 0 Å². The van der Waals surface area contributed by atoms with Crippen molar-refractivity contribution in [1.29, 1.82) is 0 Å². The monoisotopic (exact) mass is 308 g/mol. The van der Waals surface area contributed by atoms with E-state index in [-0.39, 0.29) is 18.3 Å². The SMILES string of the molecule is CC(C)(NC(=O)[C@H]1CCCN(C(=O)O)C1)c1ccccc1F. The molecule has 1 heterocycles. The van der Waals surface area contributed by atoms with Gasteiger partial charge in [-0.05, 0) is 32.8 Å². The van der Waals surface area contributed by atoms with Crippen molar-refractivity contribution in [3.8, 4) is 0 Å². The first-order chi connectivity index (χ1) is 10.3. The molecule has 0 aromatic heterocycles. The number of carbonyl (C=O) groups is 2. The quantitative estimate of drug-likeness (QED) is 0.901. The summed E-state index contributed by atoms with van der Waals surface area (Å²) in [5, 5.41) is 11.9. The minimum absolute atomic E-state index is 0.189. The van der Waals surface area contributed by atoms with E-state index in [1.165, 1.54) is 11.0 Å². The van der Waals surface area contributed by atoms with E-state index in [1.807, 2.05) is 0 Å². The zero-order valence-corrected chi connectivity index (χ0v) is 12.8. The van der Waals surface area contributed by atoms with Crippen molar-refractivity contribution in [1.82, 2.24) is 10.2 Å². The summed E-state index contributed by atoms with van der Waals surface area (Å²) in [4.78, 5) is 24.7. The molecule has 0 bridgehead atoms. The third kappa shape index (κ3) is 3.55. The highest BCUT2D eigenvalue weighted by atomic mass is 19.1. The molecule has 6 heteroatoms. The Morgan fingerprint density at radius 2 is 2.05 bits per heavy atom. The lowest BCUT2D eigenvalue weighted by molar-refractivity contribution is -0.128. The molecule has 0 unspecified atom stereocenters. The molecule has 1 fully saturated rings. The second-order valence-corrected chi connectivity index (χ2v) is 6.16. The maximum Gasteiger partial charge on any atom is 0.407 e. The van der Waals surface area contributed by atoms with Gasteiger partial charge in [-0.3, -0.25) is 4.79 Å². The molecule has 1 aliphatic heterocycles. The van der Waals surface area contributed by atoms with E-state index in [0.29, 0.717) is 24.9 Å². The molecule has 120 valence electrons. The summed E-state index contributed by atoms with van der Waals surface area (Å²) in [6, 6.07) is 6.32. The van der Waals surface area contributed by atoms with Gasteiger partial charge in [-0.2, -0.15) is 0 Å². The number of rotatable bonds is 3. The van der Waals surface area contributed by atoms with Crippen molar-refractivity contribution < 1.29 is 19.1 Å². The van der Waals surface area contributed by atoms with Gasteiger partial charge in [0.2, 0.25) is 5.91 Å². The van der Waals surface area contributed by atoms with Gasteiger partial charge < -0.3 is 15.3 Å². The fourth-order valence-electron chi connectivity index (χ4n) is 2.81. The zero-order chi connectivity index (χ0) is 16.3. The largest absolute Gasteiger partial charge is 0.465 e. The number of halogens is 1. The number of amides is 2. The number of carbonyl (C=O) groups excluding carboxylic acids is 1. The van der Waals surface area contributed by atoms with Crippen LogP contribution in [0.4, 0.5) is 9.18 Å². The van der Waals surface area contributed by atoms with E-state index < -0.39 is 17.6 Å². The summed E-state index contributed by atoms with van der Waals surface area (Å²) in [5.41, 5.74) is -0.442. The Hall–Kier alpha value is -2.11. The summed E-state index contributed by atoms with van der Waals surface area (Å²) in [6.07, 6.45) is 0.291. The van der Waals surface area contributed by atoms with E-state index in [1.54, 1.807) is 32.0 Å². The molecule has 1 aromatic carbocycles. The van der Waals surface area contributed by atoms with Crippen molar-refractivity contribution in [3.05, 3.63) is 35.6 Å². The van der Waals surface area contributed by atoms with Crippen LogP contribution in [0.1, 0.15) is 32.3 Å². The van der Waals surface area contributed by atoms with Gasteiger partial charge in [-0.25, -0.2) is 9.18 Å². The van der Waals surface area contributed by atoms with E-state index >= 15 is 0 Å². The Balaban J connectivity index is 2.07. The number of carboxylic acid groups (broad SMARTS) is 1. The van der Waals surface area contributed by atoms with Crippen LogP contribution in [0, 0.1) is 11.7 Å². The molecule has 0 aliphatic carbocycles. The van der Waals surface area contributed by atoms with E-state index in [4.69, 9.17) is 5.11 Å². The molecule has 1 aliphatic rings. The number of hydrogen-bond acceptors (Lipinski definition) is 2. The first-order valence-corrected chi connectivity index (χ1v) is 7.36. The highest BCUT2D eigenvalue weighted by Crippen LogP contribution is 2.25. The van der Waals surface area contributed by atoms with E-state index in [2.05, 4.69) is 5.32 Å². The Bertz CT molecular complexity index is 574. The molecule has 2 N–H and O–H groups in total. The summed E-state index contributed by atoms with van der Waals surface area (Å²) in [7, 11) is 0. The molecule has 1 aromatic rings. The van der Waals surface area contributed by atoms with Gasteiger partial charge in [0.05, 0.1) is 11.5 Å². The minimum Gasteiger partial charge on any atom is -0.465 e. The van der Waals surface area contributed by atoms with E-state index in [0.717, 1.165) is 0 Å². The minimum atomic E-state index is -1.01. The third-order valence-electron chi connectivity index (χ3n) is 4.05. The Morgan fingerprint density at radius 3 is 2.68 bits per heavy atom. The van der Waals surface area contributed by atoms with Crippen LogP contribution < -0.4 is 5.32 Å².